The molecule has 9 heteroatoms. The van der Waals surface area contributed by atoms with Crippen molar-refractivity contribution in [3.8, 4) is 0 Å². The molecule has 2 N–H and O–H groups in total. The van der Waals surface area contributed by atoms with Gasteiger partial charge in [-0.2, -0.15) is 0 Å². The van der Waals surface area contributed by atoms with Gasteiger partial charge in [0.15, 0.2) is 5.16 Å². The first-order valence-corrected chi connectivity index (χ1v) is 9.46. The van der Waals surface area contributed by atoms with Crippen molar-refractivity contribution in [3.05, 3.63) is 60.2 Å². The van der Waals surface area contributed by atoms with Crippen LogP contribution in [0.4, 0.5) is 11.4 Å². The number of pyridine rings is 1. The number of anilines is 2. The number of aromatic nitrogens is 4. The zero-order valence-electron chi connectivity index (χ0n) is 15.7. The Hall–Kier alpha value is -3.20. The number of hydrogen-bond donors (Lipinski definition) is 2. The van der Waals surface area contributed by atoms with Gasteiger partial charge in [0.25, 0.3) is 5.91 Å². The third-order valence-corrected chi connectivity index (χ3v) is 5.09. The van der Waals surface area contributed by atoms with Crippen molar-refractivity contribution >= 4 is 35.0 Å². The van der Waals surface area contributed by atoms with E-state index in [1.54, 1.807) is 24.2 Å². The molecule has 0 saturated carbocycles. The third-order valence-electron chi connectivity index (χ3n) is 3.88. The summed E-state index contributed by atoms with van der Waals surface area (Å²) in [6.45, 7) is 3.48. The highest BCUT2D eigenvalue weighted by Gasteiger charge is 2.13. The zero-order chi connectivity index (χ0) is 20.1. The highest BCUT2D eigenvalue weighted by molar-refractivity contribution is 7.99. The van der Waals surface area contributed by atoms with Crippen LogP contribution in [0.1, 0.15) is 35.1 Å². The van der Waals surface area contributed by atoms with Crippen molar-refractivity contribution in [2.75, 3.05) is 10.6 Å². The molecule has 28 heavy (non-hydrogen) atoms. The standard InChI is InChI=1S/C19H20N6O2S/c1-12(28-19-24-21-11-25(19)3)14-5-4-6-15(9-14)23-18(27)17-10-16(7-8-20-17)22-13(2)26/h4-12H,1-3H3,(H,23,27)(H,20,22,26)/t12-/m0/s1. The van der Waals surface area contributed by atoms with Crippen molar-refractivity contribution in [1.29, 1.82) is 0 Å². The molecular formula is C19H20N6O2S. The zero-order valence-corrected chi connectivity index (χ0v) is 16.5. The molecule has 0 fully saturated rings. The number of thioether (sulfide) groups is 1. The summed E-state index contributed by atoms with van der Waals surface area (Å²) in [4.78, 5) is 27.8. The Labute approximate surface area is 166 Å². The molecule has 0 aliphatic heterocycles. The Bertz CT molecular complexity index is 1000. The largest absolute Gasteiger partial charge is 0.326 e. The van der Waals surface area contributed by atoms with E-state index in [1.807, 2.05) is 35.9 Å². The highest BCUT2D eigenvalue weighted by Crippen LogP contribution is 2.34. The monoisotopic (exact) mass is 396 g/mol. The van der Waals surface area contributed by atoms with Crippen LogP contribution in [0.2, 0.25) is 0 Å². The van der Waals surface area contributed by atoms with E-state index in [9.17, 15) is 9.59 Å². The van der Waals surface area contributed by atoms with Crippen LogP contribution in [-0.4, -0.2) is 31.6 Å². The van der Waals surface area contributed by atoms with Gasteiger partial charge in [0.05, 0.1) is 0 Å². The van der Waals surface area contributed by atoms with Crippen LogP contribution in [0.3, 0.4) is 0 Å². The Morgan fingerprint density at radius 1 is 1.14 bits per heavy atom. The van der Waals surface area contributed by atoms with E-state index in [0.717, 1.165) is 10.7 Å². The molecule has 144 valence electrons. The number of hydrogen-bond acceptors (Lipinski definition) is 6. The smallest absolute Gasteiger partial charge is 0.274 e. The Morgan fingerprint density at radius 2 is 1.93 bits per heavy atom. The van der Waals surface area contributed by atoms with Crippen molar-refractivity contribution in [2.24, 2.45) is 7.05 Å². The van der Waals surface area contributed by atoms with Gasteiger partial charge in [-0.25, -0.2) is 0 Å². The molecule has 3 aromatic rings. The normalized spacial score (nSPS) is 11.7. The fraction of sp³-hybridized carbons (Fsp3) is 0.211. The molecule has 2 heterocycles. The summed E-state index contributed by atoms with van der Waals surface area (Å²) in [7, 11) is 1.90. The lowest BCUT2D eigenvalue weighted by Crippen LogP contribution is -2.15. The summed E-state index contributed by atoms with van der Waals surface area (Å²) in [6, 6.07) is 10.8. The minimum Gasteiger partial charge on any atom is -0.326 e. The molecule has 0 radical (unpaired) electrons. The summed E-state index contributed by atoms with van der Waals surface area (Å²) < 4.78 is 1.86. The topological polar surface area (TPSA) is 102 Å². The fourth-order valence-electron chi connectivity index (χ4n) is 2.51. The number of carbonyl (C=O) groups is 2. The van der Waals surface area contributed by atoms with Gasteiger partial charge in [-0.15, -0.1) is 10.2 Å². The minimum atomic E-state index is -0.349. The maximum atomic E-state index is 12.5. The van der Waals surface area contributed by atoms with E-state index in [0.29, 0.717) is 11.4 Å². The molecule has 0 unspecified atom stereocenters. The predicted octanol–water partition coefficient (Wildman–Crippen LogP) is 3.27. The number of benzene rings is 1. The molecular weight excluding hydrogens is 376 g/mol. The first-order chi connectivity index (χ1) is 13.4. The second-order valence-electron chi connectivity index (χ2n) is 6.18. The summed E-state index contributed by atoms with van der Waals surface area (Å²) >= 11 is 1.59. The molecule has 3 rings (SSSR count). The summed E-state index contributed by atoms with van der Waals surface area (Å²) in [5.41, 5.74) is 2.46. The quantitative estimate of drug-likeness (QED) is 0.620. The van der Waals surface area contributed by atoms with Crippen LogP contribution in [0.25, 0.3) is 0 Å². The first kappa shape index (κ1) is 19.6. The fourth-order valence-corrected chi connectivity index (χ4v) is 3.41. The van der Waals surface area contributed by atoms with Gasteiger partial charge in [0.2, 0.25) is 5.91 Å². The van der Waals surface area contributed by atoms with Crippen LogP contribution in [0.15, 0.2) is 54.1 Å². The highest BCUT2D eigenvalue weighted by atomic mass is 32.2. The molecule has 2 aromatic heterocycles. The number of rotatable bonds is 6. The molecule has 1 atom stereocenters. The van der Waals surface area contributed by atoms with E-state index < -0.39 is 0 Å². The van der Waals surface area contributed by atoms with Crippen molar-refractivity contribution in [3.63, 3.8) is 0 Å². The van der Waals surface area contributed by atoms with Crippen molar-refractivity contribution in [1.82, 2.24) is 19.7 Å². The SMILES string of the molecule is CC(=O)Nc1ccnc(C(=O)Nc2cccc([C@H](C)Sc3nncn3C)c2)c1. The molecule has 1 aromatic carbocycles. The average Bonchev–Trinajstić information content (AvgIpc) is 3.06. The van der Waals surface area contributed by atoms with E-state index >= 15 is 0 Å². The van der Waals surface area contributed by atoms with Crippen LogP contribution in [0.5, 0.6) is 0 Å². The van der Waals surface area contributed by atoms with E-state index in [4.69, 9.17) is 0 Å². The lowest BCUT2D eigenvalue weighted by molar-refractivity contribution is -0.114. The van der Waals surface area contributed by atoms with Gasteiger partial charge in [-0.3, -0.25) is 14.6 Å². The second kappa shape index (κ2) is 8.66. The minimum absolute atomic E-state index is 0.126. The summed E-state index contributed by atoms with van der Waals surface area (Å²) in [5.74, 6) is -0.558. The van der Waals surface area contributed by atoms with Gasteiger partial charge in [0, 0.05) is 36.8 Å². The maximum Gasteiger partial charge on any atom is 0.274 e. The maximum absolute atomic E-state index is 12.5. The molecule has 0 aliphatic carbocycles. The van der Waals surface area contributed by atoms with E-state index in [2.05, 4.69) is 32.7 Å². The van der Waals surface area contributed by atoms with E-state index in [1.165, 1.54) is 19.2 Å². The summed E-state index contributed by atoms with van der Waals surface area (Å²) in [5, 5.41) is 14.4. The number of aryl methyl sites for hydroxylation is 1. The third kappa shape index (κ3) is 4.95. The van der Waals surface area contributed by atoms with Gasteiger partial charge < -0.3 is 15.2 Å². The molecule has 0 spiro atoms. The molecule has 0 aliphatic rings. The Balaban J connectivity index is 1.71. The lowest BCUT2D eigenvalue weighted by atomic mass is 10.1. The predicted molar refractivity (Wildman–Crippen MR) is 108 cm³/mol. The van der Waals surface area contributed by atoms with Gasteiger partial charge in [-0.1, -0.05) is 23.9 Å². The van der Waals surface area contributed by atoms with Crippen LogP contribution in [-0.2, 0) is 11.8 Å². The number of carbonyl (C=O) groups excluding carboxylic acids is 2. The van der Waals surface area contributed by atoms with Gasteiger partial charge in [0.1, 0.15) is 12.0 Å². The van der Waals surface area contributed by atoms with Crippen molar-refractivity contribution in [2.45, 2.75) is 24.3 Å². The van der Waals surface area contributed by atoms with Crippen LogP contribution >= 0.6 is 11.8 Å². The molecule has 0 saturated heterocycles. The lowest BCUT2D eigenvalue weighted by Gasteiger charge is -2.13. The number of nitrogens with one attached hydrogen (secondary N) is 2. The molecule has 2 amide bonds. The summed E-state index contributed by atoms with van der Waals surface area (Å²) in [6.07, 6.45) is 3.14. The second-order valence-corrected chi connectivity index (χ2v) is 7.48. The molecule has 8 nitrogen and oxygen atoms in total. The molecule has 0 bridgehead atoms. The van der Waals surface area contributed by atoms with Gasteiger partial charge >= 0.3 is 0 Å². The average molecular weight is 396 g/mol. The van der Waals surface area contributed by atoms with Gasteiger partial charge in [-0.05, 0) is 36.8 Å². The number of amides is 2. The number of nitrogens with zero attached hydrogens (tertiary/aromatic N) is 4. The Kier molecular flexibility index (Phi) is 6.05. The first-order valence-electron chi connectivity index (χ1n) is 8.58. The Morgan fingerprint density at radius 3 is 2.64 bits per heavy atom. The van der Waals surface area contributed by atoms with Crippen LogP contribution in [0, 0.1) is 0 Å². The van der Waals surface area contributed by atoms with Crippen molar-refractivity contribution < 1.29 is 9.59 Å². The van der Waals surface area contributed by atoms with E-state index in [-0.39, 0.29) is 22.8 Å². The van der Waals surface area contributed by atoms with Crippen LogP contribution < -0.4 is 10.6 Å².